The molecule has 2 aromatic carbocycles. The summed E-state index contributed by atoms with van der Waals surface area (Å²) in [5, 5.41) is 4.07. The third kappa shape index (κ3) is 5.72. The predicted octanol–water partition coefficient (Wildman–Crippen LogP) is 4.42. The first-order valence-electron chi connectivity index (χ1n) is 11.6. The number of nitrogens with zero attached hydrogens (tertiary/aromatic N) is 4. The van der Waals surface area contributed by atoms with Crippen molar-refractivity contribution in [3.63, 3.8) is 0 Å². The Balaban J connectivity index is 1.19. The van der Waals surface area contributed by atoms with Crippen LogP contribution in [0.4, 0.5) is 5.69 Å². The highest BCUT2D eigenvalue weighted by Crippen LogP contribution is 2.23. The van der Waals surface area contributed by atoms with E-state index in [0.29, 0.717) is 24.6 Å². The number of ether oxygens (including phenoxy) is 1. The zero-order valence-corrected chi connectivity index (χ0v) is 19.7. The van der Waals surface area contributed by atoms with Crippen LogP contribution in [0.5, 0.6) is 5.75 Å². The number of hydrogen-bond acceptors (Lipinski definition) is 6. The van der Waals surface area contributed by atoms with Gasteiger partial charge in [-0.2, -0.15) is 4.98 Å². The molecule has 1 fully saturated rings. The molecule has 0 unspecified atom stereocenters. The number of hydrogen-bond donors (Lipinski definition) is 0. The van der Waals surface area contributed by atoms with E-state index in [0.717, 1.165) is 50.3 Å². The first-order chi connectivity index (χ1) is 16.0. The highest BCUT2D eigenvalue weighted by atomic mass is 16.5. The van der Waals surface area contributed by atoms with Gasteiger partial charge in [-0.05, 0) is 68.1 Å². The van der Waals surface area contributed by atoms with Crippen molar-refractivity contribution in [1.29, 1.82) is 0 Å². The number of methoxy groups -OCH3 is 1. The summed E-state index contributed by atoms with van der Waals surface area (Å²) in [4.78, 5) is 21.5. The minimum Gasteiger partial charge on any atom is -0.497 e. The highest BCUT2D eigenvalue weighted by Gasteiger charge is 2.22. The van der Waals surface area contributed by atoms with Gasteiger partial charge in [0, 0.05) is 50.3 Å². The molecule has 0 N–H and O–H groups in total. The van der Waals surface area contributed by atoms with Crippen molar-refractivity contribution in [2.75, 3.05) is 38.2 Å². The number of benzene rings is 2. The molecule has 1 saturated heterocycles. The molecule has 1 aliphatic heterocycles. The van der Waals surface area contributed by atoms with Gasteiger partial charge in [0.15, 0.2) is 0 Å². The Labute approximate surface area is 195 Å². The van der Waals surface area contributed by atoms with Crippen LogP contribution in [0.1, 0.15) is 36.3 Å². The minimum absolute atomic E-state index is 0.236. The van der Waals surface area contributed by atoms with Crippen LogP contribution in [0.3, 0.4) is 0 Å². The number of rotatable bonds is 8. The largest absolute Gasteiger partial charge is 0.497 e. The molecule has 0 atom stereocenters. The molecule has 0 spiro atoms. The highest BCUT2D eigenvalue weighted by molar-refractivity contribution is 5.76. The lowest BCUT2D eigenvalue weighted by Gasteiger charge is -2.37. The van der Waals surface area contributed by atoms with E-state index in [1.807, 2.05) is 29.2 Å². The van der Waals surface area contributed by atoms with Crippen molar-refractivity contribution < 1.29 is 14.1 Å². The zero-order chi connectivity index (χ0) is 23.2. The van der Waals surface area contributed by atoms with Gasteiger partial charge in [0.05, 0.1) is 7.11 Å². The molecule has 1 aromatic heterocycles. The first-order valence-corrected chi connectivity index (χ1v) is 11.6. The summed E-state index contributed by atoms with van der Waals surface area (Å²) in [5.41, 5.74) is 4.74. The van der Waals surface area contributed by atoms with Crippen molar-refractivity contribution in [2.45, 2.75) is 39.5 Å². The predicted molar refractivity (Wildman–Crippen MR) is 129 cm³/mol. The average molecular weight is 449 g/mol. The maximum absolute atomic E-state index is 12.7. The van der Waals surface area contributed by atoms with Crippen LogP contribution < -0.4 is 9.64 Å². The molecule has 7 nitrogen and oxygen atoms in total. The van der Waals surface area contributed by atoms with Crippen LogP contribution in [0.25, 0.3) is 11.4 Å². The number of piperazine rings is 1. The lowest BCUT2D eigenvalue weighted by atomic mass is 10.1. The number of carbonyl (C=O) groups is 1. The number of unbranched alkanes of at least 4 members (excludes halogenated alkanes) is 1. The molecule has 33 heavy (non-hydrogen) atoms. The fourth-order valence-corrected chi connectivity index (χ4v) is 4.18. The van der Waals surface area contributed by atoms with Crippen molar-refractivity contribution in [2.24, 2.45) is 0 Å². The van der Waals surface area contributed by atoms with Crippen molar-refractivity contribution >= 4 is 11.6 Å². The molecule has 3 aromatic rings. The van der Waals surface area contributed by atoms with Gasteiger partial charge in [0.25, 0.3) is 0 Å². The molecule has 0 aliphatic carbocycles. The van der Waals surface area contributed by atoms with Gasteiger partial charge in [-0.25, -0.2) is 0 Å². The van der Waals surface area contributed by atoms with Gasteiger partial charge in [-0.15, -0.1) is 0 Å². The number of carbonyl (C=O) groups excluding carboxylic acids is 1. The molecule has 7 heteroatoms. The van der Waals surface area contributed by atoms with Crippen LogP contribution in [0, 0.1) is 13.8 Å². The van der Waals surface area contributed by atoms with Crippen molar-refractivity contribution in [1.82, 2.24) is 15.0 Å². The zero-order valence-electron chi connectivity index (χ0n) is 19.7. The first kappa shape index (κ1) is 22.8. The lowest BCUT2D eigenvalue weighted by Crippen LogP contribution is -2.49. The Kier molecular flexibility index (Phi) is 7.27. The SMILES string of the molecule is COc1ccc(-c2noc(CCCCC(=O)N3CCN(c4cc(C)ccc4C)CC3)n2)cc1. The van der Waals surface area contributed by atoms with E-state index in [1.54, 1.807) is 7.11 Å². The van der Waals surface area contributed by atoms with E-state index >= 15 is 0 Å². The smallest absolute Gasteiger partial charge is 0.226 e. The lowest BCUT2D eigenvalue weighted by molar-refractivity contribution is -0.131. The van der Waals surface area contributed by atoms with E-state index in [-0.39, 0.29) is 5.91 Å². The molecular formula is C26H32N4O3. The fraction of sp³-hybridized carbons (Fsp3) is 0.423. The summed E-state index contributed by atoms with van der Waals surface area (Å²) in [5.74, 6) is 2.21. The summed E-state index contributed by atoms with van der Waals surface area (Å²) in [6.45, 7) is 7.59. The van der Waals surface area contributed by atoms with Crippen LogP contribution in [0.2, 0.25) is 0 Å². The number of amides is 1. The summed E-state index contributed by atoms with van der Waals surface area (Å²) in [6, 6.07) is 14.1. The topological polar surface area (TPSA) is 71.7 Å². The van der Waals surface area contributed by atoms with Gasteiger partial charge in [0.2, 0.25) is 17.6 Å². The standard InChI is InChI=1S/C26H32N4O3/c1-19-8-9-20(2)23(18-19)29-14-16-30(17-15-29)25(31)7-5-4-6-24-27-26(28-33-24)21-10-12-22(32-3)13-11-21/h8-13,18H,4-7,14-17H2,1-3H3. The Morgan fingerprint density at radius 3 is 2.52 bits per heavy atom. The van der Waals surface area contributed by atoms with E-state index in [2.05, 4.69) is 47.1 Å². The van der Waals surface area contributed by atoms with Gasteiger partial charge < -0.3 is 19.1 Å². The third-order valence-electron chi connectivity index (χ3n) is 6.19. The van der Waals surface area contributed by atoms with Gasteiger partial charge >= 0.3 is 0 Å². The molecule has 1 aliphatic rings. The maximum Gasteiger partial charge on any atom is 0.226 e. The second kappa shape index (κ2) is 10.5. The Bertz CT molecular complexity index is 1070. The van der Waals surface area contributed by atoms with Crippen LogP contribution in [-0.4, -0.2) is 54.2 Å². The van der Waals surface area contributed by atoms with E-state index in [1.165, 1.54) is 16.8 Å². The number of aromatic nitrogens is 2. The fourth-order valence-electron chi connectivity index (χ4n) is 4.18. The summed E-state index contributed by atoms with van der Waals surface area (Å²) in [7, 11) is 1.64. The summed E-state index contributed by atoms with van der Waals surface area (Å²) < 4.78 is 10.6. The van der Waals surface area contributed by atoms with Crippen LogP contribution in [0.15, 0.2) is 47.0 Å². The van der Waals surface area contributed by atoms with Gasteiger partial charge in [-0.3, -0.25) is 4.79 Å². The number of aryl methyl sites for hydroxylation is 3. The molecule has 2 heterocycles. The number of anilines is 1. The van der Waals surface area contributed by atoms with Gasteiger partial charge in [0.1, 0.15) is 5.75 Å². The van der Waals surface area contributed by atoms with E-state index in [4.69, 9.17) is 9.26 Å². The Morgan fingerprint density at radius 2 is 1.79 bits per heavy atom. The normalized spacial score (nSPS) is 13.9. The second-order valence-electron chi connectivity index (χ2n) is 8.61. The molecule has 174 valence electrons. The van der Waals surface area contributed by atoms with E-state index < -0.39 is 0 Å². The second-order valence-corrected chi connectivity index (χ2v) is 8.61. The molecule has 1 amide bonds. The molecule has 0 saturated carbocycles. The van der Waals surface area contributed by atoms with Gasteiger partial charge in [-0.1, -0.05) is 17.3 Å². The van der Waals surface area contributed by atoms with Crippen LogP contribution >= 0.6 is 0 Å². The third-order valence-corrected chi connectivity index (χ3v) is 6.19. The molecular weight excluding hydrogens is 416 g/mol. The molecule has 0 radical (unpaired) electrons. The summed E-state index contributed by atoms with van der Waals surface area (Å²) in [6.07, 6.45) is 2.90. The van der Waals surface area contributed by atoms with E-state index in [9.17, 15) is 4.79 Å². The maximum atomic E-state index is 12.7. The molecule has 4 rings (SSSR count). The summed E-state index contributed by atoms with van der Waals surface area (Å²) >= 11 is 0. The Morgan fingerprint density at radius 1 is 1.03 bits per heavy atom. The minimum atomic E-state index is 0.236. The van der Waals surface area contributed by atoms with Crippen molar-refractivity contribution in [3.8, 4) is 17.1 Å². The monoisotopic (exact) mass is 448 g/mol. The molecule has 0 bridgehead atoms. The van der Waals surface area contributed by atoms with Crippen LogP contribution in [-0.2, 0) is 11.2 Å². The quantitative estimate of drug-likeness (QED) is 0.475. The average Bonchev–Trinajstić information content (AvgIpc) is 3.32. The van der Waals surface area contributed by atoms with Crippen molar-refractivity contribution in [3.05, 3.63) is 59.5 Å². The Hall–Kier alpha value is -3.35.